The zero-order valence-corrected chi connectivity index (χ0v) is 33.9. The monoisotopic (exact) mass is 752 g/mol. The lowest BCUT2D eigenvalue weighted by molar-refractivity contribution is 0.510. The highest BCUT2D eigenvalue weighted by Crippen LogP contribution is 3.08. The normalized spacial score (nSPS) is 17.3. The lowest BCUT2D eigenvalue weighted by Crippen LogP contribution is -2.36. The smallest absolute Gasteiger partial charge is 0.0620 e. The fourth-order valence-electron chi connectivity index (χ4n) is 9.19. The number of rotatable bonds is 11. The van der Waals surface area contributed by atoms with Gasteiger partial charge in [-0.2, -0.15) is 0 Å². The highest BCUT2D eigenvalue weighted by atomic mass is 32.7. The van der Waals surface area contributed by atoms with Gasteiger partial charge in [0.15, 0.2) is 0 Å². The molecule has 2 aliphatic carbocycles. The van der Waals surface area contributed by atoms with Crippen molar-refractivity contribution in [3.05, 3.63) is 182 Å². The van der Waals surface area contributed by atoms with E-state index in [1.807, 2.05) is 0 Å². The van der Waals surface area contributed by atoms with Gasteiger partial charge in [-0.05, 0) is 98.5 Å². The first-order valence-corrected chi connectivity index (χ1v) is 28.1. The average Bonchev–Trinajstić information content (AvgIpc) is 3.25. The SMILES string of the molecule is c1ccc([P+](c2ccccc2)(c2ccccc2)P(C2CCCCC2)P(C2CCCCC2)[P+](c2ccccc2)(c2ccccc2)c2ccccc2)cc1. The standard InChI is InChI=1S/C48H52P4/c1-9-25-41(26-10-1)49(51(43-29-13-3-14-30-43,44-31-15-4-16-32-44)45-33-17-5-18-34-45)50(42-27-11-2-12-28-42)52(46-35-19-6-20-36-46,47-37-21-7-22-38-47)48-39-23-8-24-40-48/h3-8,13-24,29-42H,1-2,9-12,25-28H2/q+2. The Kier molecular flexibility index (Phi) is 11.8. The van der Waals surface area contributed by atoms with E-state index >= 15 is 0 Å². The Morgan fingerprint density at radius 3 is 0.654 bits per heavy atom. The van der Waals surface area contributed by atoms with Gasteiger partial charge in [0.25, 0.3) is 0 Å². The number of hydrogen-bond donors (Lipinski definition) is 0. The van der Waals surface area contributed by atoms with Gasteiger partial charge in [-0.1, -0.05) is 148 Å². The van der Waals surface area contributed by atoms with Crippen LogP contribution in [0, 0.1) is 0 Å². The lowest BCUT2D eigenvalue weighted by atomic mass is 10.0. The Morgan fingerprint density at radius 2 is 0.462 bits per heavy atom. The predicted molar refractivity (Wildman–Crippen MR) is 238 cm³/mol. The summed E-state index contributed by atoms with van der Waals surface area (Å²) in [6.07, 6.45) is 13.7. The van der Waals surface area contributed by atoms with Crippen LogP contribution in [-0.4, -0.2) is 11.3 Å². The first kappa shape index (κ1) is 36.0. The number of benzene rings is 6. The Balaban J connectivity index is 1.57. The maximum atomic E-state index is 2.55. The summed E-state index contributed by atoms with van der Waals surface area (Å²) >= 11 is 0. The van der Waals surface area contributed by atoms with Crippen molar-refractivity contribution in [1.82, 2.24) is 0 Å². The average molecular weight is 753 g/mol. The summed E-state index contributed by atoms with van der Waals surface area (Å²) in [5.74, 6) is 0. The van der Waals surface area contributed by atoms with Gasteiger partial charge in [0.1, 0.15) is 60.3 Å². The van der Waals surface area contributed by atoms with E-state index in [9.17, 15) is 0 Å². The van der Waals surface area contributed by atoms with Crippen LogP contribution in [0.3, 0.4) is 0 Å². The first-order chi connectivity index (χ1) is 25.8. The van der Waals surface area contributed by atoms with Crippen molar-refractivity contribution in [3.8, 4) is 0 Å². The Bertz CT molecular complexity index is 1600. The molecule has 0 spiro atoms. The summed E-state index contributed by atoms with van der Waals surface area (Å²) in [5.41, 5.74) is 1.45. The third-order valence-electron chi connectivity index (χ3n) is 11.4. The molecule has 6 aromatic carbocycles. The van der Waals surface area contributed by atoms with Gasteiger partial charge in [-0.3, -0.25) is 0 Å². The summed E-state index contributed by atoms with van der Waals surface area (Å²) in [7, 11) is -1.15. The van der Waals surface area contributed by atoms with Crippen molar-refractivity contribution in [3.63, 3.8) is 0 Å². The molecule has 0 bridgehead atoms. The summed E-state index contributed by atoms with van der Waals surface area (Å²) in [5, 5.41) is 9.58. The summed E-state index contributed by atoms with van der Waals surface area (Å²) in [4.78, 5) is 0. The third kappa shape index (κ3) is 6.81. The molecule has 0 amide bonds. The summed E-state index contributed by atoms with van der Waals surface area (Å²) < 4.78 is 0. The van der Waals surface area contributed by atoms with Crippen LogP contribution >= 0.6 is 28.5 Å². The van der Waals surface area contributed by atoms with Gasteiger partial charge in [0.05, 0.1) is 0 Å². The van der Waals surface area contributed by atoms with Crippen LogP contribution in [0.4, 0.5) is 0 Å². The molecular weight excluding hydrogens is 700 g/mol. The molecule has 0 radical (unpaired) electrons. The number of hydrogen-bond acceptors (Lipinski definition) is 0. The molecular formula is C48H52P4+2. The van der Waals surface area contributed by atoms with Crippen LogP contribution in [-0.2, 0) is 0 Å². The molecule has 0 nitrogen and oxygen atoms in total. The molecule has 4 heteroatoms. The van der Waals surface area contributed by atoms with Gasteiger partial charge < -0.3 is 0 Å². The van der Waals surface area contributed by atoms with Crippen LogP contribution in [0.15, 0.2) is 182 Å². The molecule has 0 heterocycles. The predicted octanol–water partition coefficient (Wildman–Crippen LogP) is 12.3. The Hall–Kier alpha value is -2.96. The fraction of sp³-hybridized carbons (Fsp3) is 0.250. The Morgan fingerprint density at radius 1 is 0.269 bits per heavy atom. The zero-order chi connectivity index (χ0) is 35.1. The molecule has 52 heavy (non-hydrogen) atoms. The minimum atomic E-state index is -2.19. The summed E-state index contributed by atoms with van der Waals surface area (Å²) in [6, 6.07) is 72.3. The molecule has 2 fully saturated rings. The van der Waals surface area contributed by atoms with Crippen LogP contribution in [0.5, 0.6) is 0 Å². The molecule has 8 rings (SSSR count). The van der Waals surface area contributed by atoms with Crippen LogP contribution in [0.2, 0.25) is 0 Å². The third-order valence-corrected chi connectivity index (χ3v) is 44.3. The molecule has 2 atom stereocenters. The lowest BCUT2D eigenvalue weighted by Gasteiger charge is -2.48. The molecule has 0 saturated heterocycles. The van der Waals surface area contributed by atoms with Gasteiger partial charge in [-0.25, -0.2) is 0 Å². The van der Waals surface area contributed by atoms with E-state index in [0.29, 0.717) is 0 Å². The van der Waals surface area contributed by atoms with Gasteiger partial charge in [0.2, 0.25) is 0 Å². The molecule has 2 aliphatic rings. The van der Waals surface area contributed by atoms with Gasteiger partial charge in [0, 0.05) is 11.3 Å². The summed E-state index contributed by atoms with van der Waals surface area (Å²) in [6.45, 7) is -4.38. The second-order valence-corrected chi connectivity index (χ2v) is 33.6. The van der Waals surface area contributed by atoms with E-state index in [-0.39, 0.29) is 0 Å². The van der Waals surface area contributed by atoms with Gasteiger partial charge in [-0.15, -0.1) is 0 Å². The molecule has 0 N–H and O–H groups in total. The van der Waals surface area contributed by atoms with Crippen LogP contribution < -0.4 is 31.8 Å². The molecule has 262 valence electrons. The van der Waals surface area contributed by atoms with Crippen molar-refractivity contribution in [2.45, 2.75) is 75.5 Å². The highest BCUT2D eigenvalue weighted by Gasteiger charge is 2.69. The maximum absolute atomic E-state index is 2.55. The van der Waals surface area contributed by atoms with E-state index in [2.05, 4.69) is 182 Å². The molecule has 6 aromatic rings. The Labute approximate surface area is 316 Å². The first-order valence-electron chi connectivity index (χ1n) is 19.6. The minimum absolute atomic E-state index is 0.575. The van der Waals surface area contributed by atoms with Crippen molar-refractivity contribution in [2.75, 3.05) is 0 Å². The zero-order valence-electron chi connectivity index (χ0n) is 30.3. The van der Waals surface area contributed by atoms with Crippen molar-refractivity contribution in [2.24, 2.45) is 0 Å². The molecule has 2 unspecified atom stereocenters. The largest absolute Gasteiger partial charge is 0.140 e. The minimum Gasteiger partial charge on any atom is -0.0620 e. The van der Waals surface area contributed by atoms with E-state index in [4.69, 9.17) is 0 Å². The second-order valence-electron chi connectivity index (χ2n) is 14.5. The van der Waals surface area contributed by atoms with Crippen molar-refractivity contribution >= 4 is 60.3 Å². The van der Waals surface area contributed by atoms with Crippen LogP contribution in [0.1, 0.15) is 64.2 Å². The molecule has 2 saturated carbocycles. The van der Waals surface area contributed by atoms with E-state index in [1.165, 1.54) is 64.2 Å². The maximum Gasteiger partial charge on any atom is 0.140 e. The van der Waals surface area contributed by atoms with Crippen molar-refractivity contribution in [1.29, 1.82) is 0 Å². The topological polar surface area (TPSA) is 0 Å². The van der Waals surface area contributed by atoms with E-state index in [0.717, 1.165) is 11.3 Å². The highest BCUT2D eigenvalue weighted by molar-refractivity contribution is 8.87. The van der Waals surface area contributed by atoms with E-state index in [1.54, 1.807) is 31.8 Å². The fourth-order valence-corrected chi connectivity index (χ4v) is 55.5. The molecule has 0 aromatic heterocycles. The van der Waals surface area contributed by atoms with Crippen LogP contribution in [0.25, 0.3) is 0 Å². The van der Waals surface area contributed by atoms with E-state index < -0.39 is 28.5 Å². The second kappa shape index (κ2) is 17.0. The quantitative estimate of drug-likeness (QED) is 0.116. The van der Waals surface area contributed by atoms with Crippen molar-refractivity contribution < 1.29 is 0 Å². The molecule has 0 aliphatic heterocycles. The van der Waals surface area contributed by atoms with Gasteiger partial charge >= 0.3 is 0 Å².